The van der Waals surface area contributed by atoms with Crippen molar-refractivity contribution in [2.45, 2.75) is 6.92 Å². The number of rotatable bonds is 3. The molecule has 94 valence electrons. The van der Waals surface area contributed by atoms with Crippen LogP contribution in [0.3, 0.4) is 0 Å². The second kappa shape index (κ2) is 5.19. The van der Waals surface area contributed by atoms with Crippen molar-refractivity contribution in [2.75, 3.05) is 0 Å². The molecular formula is C14H10N2O3. The summed E-state index contributed by atoms with van der Waals surface area (Å²) < 4.78 is 5.57. The normalized spacial score (nSPS) is 9.68. The van der Waals surface area contributed by atoms with Crippen LogP contribution < -0.4 is 4.74 Å². The van der Waals surface area contributed by atoms with E-state index >= 15 is 0 Å². The number of non-ortho nitro benzene ring substituents is 1. The Morgan fingerprint density at radius 1 is 1.26 bits per heavy atom. The van der Waals surface area contributed by atoms with Gasteiger partial charge in [-0.05, 0) is 30.7 Å². The van der Waals surface area contributed by atoms with Gasteiger partial charge in [0.2, 0.25) is 0 Å². The molecule has 0 fully saturated rings. The number of nitrogens with zero attached hydrogens (tertiary/aromatic N) is 2. The van der Waals surface area contributed by atoms with Gasteiger partial charge in [0.15, 0.2) is 0 Å². The lowest BCUT2D eigenvalue weighted by Crippen LogP contribution is -1.92. The van der Waals surface area contributed by atoms with Crippen LogP contribution in [-0.4, -0.2) is 4.92 Å². The topological polar surface area (TPSA) is 76.2 Å². The molecule has 0 bridgehead atoms. The number of nitro groups is 1. The Bertz CT molecular complexity index is 675. The Kier molecular flexibility index (Phi) is 3.44. The van der Waals surface area contributed by atoms with Crippen LogP contribution in [0, 0.1) is 28.4 Å². The van der Waals surface area contributed by atoms with E-state index in [1.54, 1.807) is 6.07 Å². The highest BCUT2D eigenvalue weighted by Crippen LogP contribution is 2.28. The fourth-order valence-electron chi connectivity index (χ4n) is 1.61. The predicted molar refractivity (Wildman–Crippen MR) is 69.1 cm³/mol. The van der Waals surface area contributed by atoms with E-state index in [-0.39, 0.29) is 11.3 Å². The average Bonchev–Trinajstić information content (AvgIpc) is 2.39. The summed E-state index contributed by atoms with van der Waals surface area (Å²) in [4.78, 5) is 10.1. The van der Waals surface area contributed by atoms with E-state index in [1.165, 1.54) is 18.2 Å². The van der Waals surface area contributed by atoms with Gasteiger partial charge in [-0.25, -0.2) is 0 Å². The van der Waals surface area contributed by atoms with Crippen molar-refractivity contribution < 1.29 is 9.66 Å². The predicted octanol–water partition coefficient (Wildman–Crippen LogP) is 3.57. The van der Waals surface area contributed by atoms with Gasteiger partial charge in [-0.15, -0.1) is 0 Å². The Labute approximate surface area is 109 Å². The zero-order chi connectivity index (χ0) is 13.8. The van der Waals surface area contributed by atoms with E-state index in [4.69, 9.17) is 10.00 Å². The molecule has 0 radical (unpaired) electrons. The molecule has 2 rings (SSSR count). The summed E-state index contributed by atoms with van der Waals surface area (Å²) in [6, 6.07) is 13.2. The quantitative estimate of drug-likeness (QED) is 0.619. The highest BCUT2D eigenvalue weighted by molar-refractivity contribution is 5.51. The summed E-state index contributed by atoms with van der Waals surface area (Å²) in [5.74, 6) is 0.893. The van der Waals surface area contributed by atoms with Crippen LogP contribution in [0.15, 0.2) is 42.5 Å². The summed E-state index contributed by atoms with van der Waals surface area (Å²) in [6.07, 6.45) is 0. The minimum Gasteiger partial charge on any atom is -0.456 e. The minimum atomic E-state index is -0.544. The summed E-state index contributed by atoms with van der Waals surface area (Å²) in [6.45, 7) is 1.92. The molecule has 0 atom stereocenters. The fraction of sp³-hybridized carbons (Fsp3) is 0.0714. The van der Waals surface area contributed by atoms with Gasteiger partial charge in [-0.2, -0.15) is 5.26 Å². The van der Waals surface area contributed by atoms with Gasteiger partial charge in [-0.1, -0.05) is 12.1 Å². The summed E-state index contributed by atoms with van der Waals surface area (Å²) in [5.41, 5.74) is 1.03. The molecule has 5 heteroatoms. The number of nitriles is 1. The van der Waals surface area contributed by atoms with Crippen LogP contribution in [-0.2, 0) is 0 Å². The molecule has 0 aromatic heterocycles. The molecule has 0 spiro atoms. The van der Waals surface area contributed by atoms with E-state index in [0.29, 0.717) is 11.5 Å². The summed E-state index contributed by atoms with van der Waals surface area (Å²) in [5, 5.41) is 19.6. The molecule has 2 aromatic carbocycles. The zero-order valence-corrected chi connectivity index (χ0v) is 10.2. The largest absolute Gasteiger partial charge is 0.456 e. The van der Waals surface area contributed by atoms with Gasteiger partial charge in [0, 0.05) is 12.1 Å². The maximum Gasteiger partial charge on any atom is 0.271 e. The molecule has 19 heavy (non-hydrogen) atoms. The number of nitro benzene ring substituents is 1. The lowest BCUT2D eigenvalue weighted by atomic mass is 10.2. The third-order valence-corrected chi connectivity index (χ3v) is 2.51. The maximum absolute atomic E-state index is 10.6. The van der Waals surface area contributed by atoms with Crippen molar-refractivity contribution in [3.8, 4) is 17.6 Å². The molecule has 0 unspecified atom stereocenters. The molecule has 0 aliphatic carbocycles. The van der Waals surface area contributed by atoms with Gasteiger partial charge < -0.3 is 4.74 Å². The highest BCUT2D eigenvalue weighted by atomic mass is 16.6. The molecule has 5 nitrogen and oxygen atoms in total. The van der Waals surface area contributed by atoms with E-state index in [1.807, 2.05) is 31.2 Å². The first-order valence-corrected chi connectivity index (χ1v) is 5.53. The Balaban J connectivity index is 2.36. The molecule has 0 saturated heterocycles. The lowest BCUT2D eigenvalue weighted by molar-refractivity contribution is -0.384. The minimum absolute atomic E-state index is 0.131. The SMILES string of the molecule is Cc1cccc(Oc2ccc([N+](=O)[O-])cc2C#N)c1. The first-order chi connectivity index (χ1) is 9.10. The zero-order valence-electron chi connectivity index (χ0n) is 10.2. The van der Waals surface area contributed by atoms with Crippen LogP contribution >= 0.6 is 0 Å². The molecule has 2 aromatic rings. The smallest absolute Gasteiger partial charge is 0.271 e. The second-order valence-corrected chi connectivity index (χ2v) is 3.97. The van der Waals surface area contributed by atoms with Gasteiger partial charge in [-0.3, -0.25) is 10.1 Å². The molecule has 0 N–H and O–H groups in total. The van der Waals surface area contributed by atoms with Crippen molar-refractivity contribution in [2.24, 2.45) is 0 Å². The van der Waals surface area contributed by atoms with Gasteiger partial charge in [0.25, 0.3) is 5.69 Å². The molecule has 0 heterocycles. The molecule has 0 amide bonds. The fourth-order valence-corrected chi connectivity index (χ4v) is 1.61. The van der Waals surface area contributed by atoms with E-state index in [2.05, 4.69) is 0 Å². The van der Waals surface area contributed by atoms with Gasteiger partial charge >= 0.3 is 0 Å². The highest BCUT2D eigenvalue weighted by Gasteiger charge is 2.12. The first kappa shape index (κ1) is 12.6. The summed E-state index contributed by atoms with van der Waals surface area (Å²) in [7, 11) is 0. The van der Waals surface area contributed by atoms with E-state index < -0.39 is 4.92 Å². The number of hydrogen-bond acceptors (Lipinski definition) is 4. The Hall–Kier alpha value is -2.87. The Morgan fingerprint density at radius 2 is 2.05 bits per heavy atom. The van der Waals surface area contributed by atoms with Crippen molar-refractivity contribution >= 4 is 5.69 Å². The summed E-state index contributed by atoms with van der Waals surface area (Å²) >= 11 is 0. The van der Waals surface area contributed by atoms with E-state index in [9.17, 15) is 10.1 Å². The third kappa shape index (κ3) is 2.87. The Morgan fingerprint density at radius 3 is 2.68 bits per heavy atom. The monoisotopic (exact) mass is 254 g/mol. The van der Waals surface area contributed by atoms with Crippen molar-refractivity contribution in [3.05, 3.63) is 63.7 Å². The van der Waals surface area contributed by atoms with Gasteiger partial charge in [0.05, 0.1) is 4.92 Å². The van der Waals surface area contributed by atoms with Crippen LogP contribution in [0.2, 0.25) is 0 Å². The molecule has 0 aliphatic rings. The van der Waals surface area contributed by atoms with Gasteiger partial charge in [0.1, 0.15) is 23.1 Å². The third-order valence-electron chi connectivity index (χ3n) is 2.51. The van der Waals surface area contributed by atoms with Crippen molar-refractivity contribution in [1.29, 1.82) is 5.26 Å². The molecule has 0 aliphatic heterocycles. The number of aryl methyl sites for hydroxylation is 1. The number of hydrogen-bond donors (Lipinski definition) is 0. The molecular weight excluding hydrogens is 244 g/mol. The van der Waals surface area contributed by atoms with Crippen molar-refractivity contribution in [1.82, 2.24) is 0 Å². The van der Waals surface area contributed by atoms with Crippen LogP contribution in [0.1, 0.15) is 11.1 Å². The van der Waals surface area contributed by atoms with Crippen LogP contribution in [0.4, 0.5) is 5.69 Å². The standard InChI is InChI=1S/C14H10N2O3/c1-10-3-2-4-13(7-10)19-14-6-5-12(16(17)18)8-11(14)9-15/h2-8H,1H3. The first-order valence-electron chi connectivity index (χ1n) is 5.53. The second-order valence-electron chi connectivity index (χ2n) is 3.97. The number of benzene rings is 2. The van der Waals surface area contributed by atoms with Crippen LogP contribution in [0.25, 0.3) is 0 Å². The van der Waals surface area contributed by atoms with Crippen molar-refractivity contribution in [3.63, 3.8) is 0 Å². The van der Waals surface area contributed by atoms with E-state index in [0.717, 1.165) is 5.56 Å². The number of ether oxygens (including phenoxy) is 1. The molecule has 0 saturated carbocycles. The lowest BCUT2D eigenvalue weighted by Gasteiger charge is -2.07. The van der Waals surface area contributed by atoms with Crippen LogP contribution in [0.5, 0.6) is 11.5 Å². The maximum atomic E-state index is 10.6. The average molecular weight is 254 g/mol.